The van der Waals surface area contributed by atoms with E-state index in [4.69, 9.17) is 16.7 Å². The van der Waals surface area contributed by atoms with Gasteiger partial charge in [0, 0.05) is 54.0 Å². The number of fused-ring (bicyclic) bond motifs is 1. The highest BCUT2D eigenvalue weighted by molar-refractivity contribution is 6.31. The molecule has 3 rings (SSSR count). The van der Waals surface area contributed by atoms with Gasteiger partial charge in [0.25, 0.3) is 0 Å². The molecule has 0 radical (unpaired) electrons. The molecule has 0 bridgehead atoms. The zero-order chi connectivity index (χ0) is 13.4. The average Bonchev–Trinajstić information content (AvgIpc) is 2.85. The Labute approximate surface area is 115 Å². The van der Waals surface area contributed by atoms with E-state index in [1.807, 2.05) is 24.4 Å². The lowest BCUT2D eigenvalue weighted by Crippen LogP contribution is -2.48. The predicted molar refractivity (Wildman–Crippen MR) is 75.1 cm³/mol. The predicted octanol–water partition coefficient (Wildman–Crippen LogP) is 2.62. The summed E-state index contributed by atoms with van der Waals surface area (Å²) in [5, 5.41) is 10.8. The summed E-state index contributed by atoms with van der Waals surface area (Å²) in [6.45, 7) is 2.42. The van der Waals surface area contributed by atoms with Gasteiger partial charge in [0.15, 0.2) is 0 Å². The summed E-state index contributed by atoms with van der Waals surface area (Å²) in [5.74, 6) is 0. The number of hydrogen-bond donors (Lipinski definition) is 2. The number of halogens is 1. The van der Waals surface area contributed by atoms with Crippen LogP contribution in [0.4, 0.5) is 10.5 Å². The van der Waals surface area contributed by atoms with Gasteiger partial charge in [-0.1, -0.05) is 11.6 Å². The van der Waals surface area contributed by atoms with E-state index in [1.54, 1.807) is 0 Å². The molecule has 1 aromatic heterocycles. The van der Waals surface area contributed by atoms with Crippen molar-refractivity contribution >= 4 is 34.3 Å². The minimum Gasteiger partial charge on any atom is -0.465 e. The summed E-state index contributed by atoms with van der Waals surface area (Å²) in [6.07, 6.45) is 1.04. The van der Waals surface area contributed by atoms with Gasteiger partial charge >= 0.3 is 6.09 Å². The van der Waals surface area contributed by atoms with Crippen LogP contribution in [0.2, 0.25) is 5.02 Å². The lowest BCUT2D eigenvalue weighted by molar-refractivity contribution is 0.142. The van der Waals surface area contributed by atoms with E-state index in [-0.39, 0.29) is 0 Å². The van der Waals surface area contributed by atoms with Crippen LogP contribution in [0.1, 0.15) is 0 Å². The van der Waals surface area contributed by atoms with Crippen molar-refractivity contribution in [2.24, 2.45) is 0 Å². The van der Waals surface area contributed by atoms with Gasteiger partial charge in [0.2, 0.25) is 0 Å². The SMILES string of the molecule is O=C(O)N1CCN(c2cc(Cl)cc3[nH]ccc23)CC1. The number of anilines is 1. The number of amides is 1. The Morgan fingerprint density at radius 1 is 1.26 bits per heavy atom. The molecule has 0 atom stereocenters. The number of carbonyl (C=O) groups is 1. The highest BCUT2D eigenvalue weighted by Crippen LogP contribution is 2.30. The first-order valence-electron chi connectivity index (χ1n) is 6.14. The number of aromatic nitrogens is 1. The van der Waals surface area contributed by atoms with E-state index in [1.165, 1.54) is 4.90 Å². The molecule has 5 nitrogen and oxygen atoms in total. The Hall–Kier alpha value is -1.88. The van der Waals surface area contributed by atoms with Crippen molar-refractivity contribution in [2.75, 3.05) is 31.1 Å². The van der Waals surface area contributed by atoms with Crippen molar-refractivity contribution in [1.29, 1.82) is 0 Å². The Morgan fingerprint density at radius 3 is 2.68 bits per heavy atom. The zero-order valence-electron chi connectivity index (χ0n) is 10.3. The van der Waals surface area contributed by atoms with Gasteiger partial charge in [0.05, 0.1) is 0 Å². The van der Waals surface area contributed by atoms with Gasteiger partial charge in [-0.3, -0.25) is 0 Å². The summed E-state index contributed by atoms with van der Waals surface area (Å²) in [6, 6.07) is 5.85. The maximum atomic E-state index is 10.9. The third-order valence-electron chi connectivity index (χ3n) is 3.50. The first-order valence-corrected chi connectivity index (χ1v) is 6.52. The van der Waals surface area contributed by atoms with Crippen molar-refractivity contribution < 1.29 is 9.90 Å². The summed E-state index contributed by atoms with van der Waals surface area (Å²) in [4.78, 5) is 17.7. The fourth-order valence-corrected chi connectivity index (χ4v) is 2.73. The van der Waals surface area contributed by atoms with Crippen molar-refractivity contribution in [3.8, 4) is 0 Å². The van der Waals surface area contributed by atoms with Gasteiger partial charge < -0.3 is 19.9 Å². The standard InChI is InChI=1S/C13H14ClN3O2/c14-9-7-11-10(1-2-15-11)12(8-9)16-3-5-17(6-4-16)13(18)19/h1-2,7-8,15H,3-6H2,(H,18,19). The van der Waals surface area contributed by atoms with Crippen LogP contribution in [0.15, 0.2) is 24.4 Å². The van der Waals surface area contributed by atoms with Crippen LogP contribution in [0, 0.1) is 0 Å². The smallest absolute Gasteiger partial charge is 0.407 e. The number of benzene rings is 1. The first-order chi connectivity index (χ1) is 9.15. The van der Waals surface area contributed by atoms with E-state index in [9.17, 15) is 4.79 Å². The van der Waals surface area contributed by atoms with Crippen LogP contribution < -0.4 is 4.90 Å². The van der Waals surface area contributed by atoms with Gasteiger partial charge in [0.1, 0.15) is 0 Å². The molecule has 0 saturated carbocycles. The molecule has 2 N–H and O–H groups in total. The summed E-state index contributed by atoms with van der Waals surface area (Å²) in [7, 11) is 0. The minimum absolute atomic E-state index is 0.522. The van der Waals surface area contributed by atoms with Crippen LogP contribution in [0.25, 0.3) is 10.9 Å². The Balaban J connectivity index is 1.89. The van der Waals surface area contributed by atoms with E-state index in [2.05, 4.69) is 9.88 Å². The molecule has 1 saturated heterocycles. The number of nitrogens with zero attached hydrogens (tertiary/aromatic N) is 2. The van der Waals surface area contributed by atoms with Crippen LogP contribution in [-0.2, 0) is 0 Å². The second kappa shape index (κ2) is 4.66. The number of piperazine rings is 1. The van der Waals surface area contributed by atoms with E-state index >= 15 is 0 Å². The Bertz CT molecular complexity index is 617. The second-order valence-electron chi connectivity index (χ2n) is 4.62. The van der Waals surface area contributed by atoms with Crippen LogP contribution in [0.5, 0.6) is 0 Å². The number of hydrogen-bond acceptors (Lipinski definition) is 2. The summed E-state index contributed by atoms with van der Waals surface area (Å²) < 4.78 is 0. The number of carboxylic acid groups (broad SMARTS) is 1. The Kier molecular flexibility index (Phi) is 2.98. The molecule has 2 heterocycles. The third-order valence-corrected chi connectivity index (χ3v) is 3.72. The summed E-state index contributed by atoms with van der Waals surface area (Å²) >= 11 is 6.13. The maximum Gasteiger partial charge on any atom is 0.407 e. The number of H-pyrrole nitrogens is 1. The quantitative estimate of drug-likeness (QED) is 0.844. The van der Waals surface area contributed by atoms with E-state index < -0.39 is 6.09 Å². The maximum absolute atomic E-state index is 10.9. The average molecular weight is 280 g/mol. The molecule has 1 amide bonds. The third kappa shape index (κ3) is 2.21. The molecule has 0 unspecified atom stereocenters. The first kappa shape index (κ1) is 12.2. The lowest BCUT2D eigenvalue weighted by atomic mass is 10.1. The molecule has 1 fully saturated rings. The zero-order valence-corrected chi connectivity index (χ0v) is 11.0. The van der Waals surface area contributed by atoms with Crippen LogP contribution in [0.3, 0.4) is 0 Å². The molecule has 1 aliphatic heterocycles. The van der Waals surface area contributed by atoms with E-state index in [0.29, 0.717) is 31.2 Å². The van der Waals surface area contributed by atoms with Crippen molar-refractivity contribution in [3.63, 3.8) is 0 Å². The number of nitrogens with one attached hydrogen (secondary N) is 1. The van der Waals surface area contributed by atoms with Gasteiger partial charge in [-0.25, -0.2) is 4.79 Å². The van der Waals surface area contributed by atoms with Crippen LogP contribution >= 0.6 is 11.6 Å². The highest BCUT2D eigenvalue weighted by Gasteiger charge is 2.22. The Morgan fingerprint density at radius 2 is 2.00 bits per heavy atom. The number of aromatic amines is 1. The molecule has 2 aromatic rings. The highest BCUT2D eigenvalue weighted by atomic mass is 35.5. The van der Waals surface area contributed by atoms with Crippen molar-refractivity contribution in [2.45, 2.75) is 0 Å². The van der Waals surface area contributed by atoms with Crippen molar-refractivity contribution in [3.05, 3.63) is 29.4 Å². The van der Waals surface area contributed by atoms with Crippen LogP contribution in [-0.4, -0.2) is 47.3 Å². The molecule has 0 spiro atoms. The molecule has 6 heteroatoms. The van der Waals surface area contributed by atoms with Gasteiger partial charge in [-0.15, -0.1) is 0 Å². The fourth-order valence-electron chi connectivity index (χ4n) is 2.51. The monoisotopic (exact) mass is 279 g/mol. The van der Waals surface area contributed by atoms with Gasteiger partial charge in [-0.05, 0) is 18.2 Å². The number of rotatable bonds is 1. The molecule has 1 aliphatic rings. The minimum atomic E-state index is -0.850. The summed E-state index contributed by atoms with van der Waals surface area (Å²) in [5.41, 5.74) is 2.07. The molecule has 19 heavy (non-hydrogen) atoms. The van der Waals surface area contributed by atoms with E-state index in [0.717, 1.165) is 16.6 Å². The molecule has 100 valence electrons. The second-order valence-corrected chi connectivity index (χ2v) is 5.06. The normalized spacial score (nSPS) is 16.1. The topological polar surface area (TPSA) is 59.6 Å². The molecular weight excluding hydrogens is 266 g/mol. The largest absolute Gasteiger partial charge is 0.465 e. The molecular formula is C13H14ClN3O2. The van der Waals surface area contributed by atoms with Gasteiger partial charge in [-0.2, -0.15) is 0 Å². The van der Waals surface area contributed by atoms with Crippen molar-refractivity contribution in [1.82, 2.24) is 9.88 Å². The molecule has 0 aliphatic carbocycles. The fraction of sp³-hybridized carbons (Fsp3) is 0.308. The molecule has 1 aromatic carbocycles. The lowest BCUT2D eigenvalue weighted by Gasteiger charge is -2.35.